The molecular weight excluding hydrogens is 304 g/mol. The van der Waals surface area contributed by atoms with E-state index in [1.165, 1.54) is 12.8 Å². The van der Waals surface area contributed by atoms with E-state index in [1.807, 2.05) is 24.3 Å². The largest absolute Gasteiger partial charge is 0.497 e. The molecule has 1 heterocycles. The Hall–Kier alpha value is -1.59. The SMILES string of the molecule is COc1cccc(COCC(=O)NC[C@H](C)N2CCC[C@@H](C)C2)c1. The molecule has 134 valence electrons. The third-order valence-corrected chi connectivity index (χ3v) is 4.54. The minimum absolute atomic E-state index is 0.0604. The van der Waals surface area contributed by atoms with Crippen molar-refractivity contribution in [2.75, 3.05) is 33.4 Å². The van der Waals surface area contributed by atoms with Gasteiger partial charge in [-0.1, -0.05) is 19.1 Å². The van der Waals surface area contributed by atoms with Gasteiger partial charge in [-0.25, -0.2) is 0 Å². The third kappa shape index (κ3) is 6.13. The third-order valence-electron chi connectivity index (χ3n) is 4.54. The molecule has 1 N–H and O–H groups in total. The minimum Gasteiger partial charge on any atom is -0.497 e. The van der Waals surface area contributed by atoms with Gasteiger partial charge in [0.1, 0.15) is 12.4 Å². The molecule has 1 saturated heterocycles. The Balaban J connectivity index is 1.64. The highest BCUT2D eigenvalue weighted by Gasteiger charge is 2.21. The van der Waals surface area contributed by atoms with Crippen LogP contribution in [0.2, 0.25) is 0 Å². The van der Waals surface area contributed by atoms with Gasteiger partial charge in [0.15, 0.2) is 0 Å². The van der Waals surface area contributed by atoms with E-state index >= 15 is 0 Å². The Kier molecular flexibility index (Phi) is 7.53. The van der Waals surface area contributed by atoms with Crippen molar-refractivity contribution < 1.29 is 14.3 Å². The molecule has 1 amide bonds. The average molecular weight is 334 g/mol. The standard InChI is InChI=1S/C19H30N2O3/c1-15-6-5-9-21(12-15)16(2)11-20-19(22)14-24-13-17-7-4-8-18(10-17)23-3/h4,7-8,10,15-16H,5-6,9,11-14H2,1-3H3,(H,20,22)/t15-,16+/m1/s1. The first-order valence-electron chi connectivity index (χ1n) is 8.80. The lowest BCUT2D eigenvalue weighted by atomic mass is 9.99. The molecule has 1 aromatic rings. The van der Waals surface area contributed by atoms with Gasteiger partial charge in [-0.2, -0.15) is 0 Å². The average Bonchev–Trinajstić information content (AvgIpc) is 2.60. The molecule has 0 saturated carbocycles. The number of carbonyl (C=O) groups is 1. The maximum absolute atomic E-state index is 11.9. The molecule has 2 rings (SSSR count). The van der Waals surface area contributed by atoms with Crippen molar-refractivity contribution in [1.29, 1.82) is 0 Å². The molecule has 1 aliphatic heterocycles. The van der Waals surface area contributed by atoms with Crippen LogP contribution in [0.5, 0.6) is 5.75 Å². The molecule has 0 aromatic heterocycles. The number of piperidine rings is 1. The Labute approximate surface area is 145 Å². The number of nitrogens with zero attached hydrogens (tertiary/aromatic N) is 1. The number of nitrogens with one attached hydrogen (secondary N) is 1. The van der Waals surface area contributed by atoms with Crippen LogP contribution < -0.4 is 10.1 Å². The molecule has 24 heavy (non-hydrogen) atoms. The fraction of sp³-hybridized carbons (Fsp3) is 0.632. The van der Waals surface area contributed by atoms with Gasteiger partial charge in [0, 0.05) is 19.1 Å². The number of amides is 1. The number of methoxy groups -OCH3 is 1. The molecule has 1 aliphatic rings. The highest BCUT2D eigenvalue weighted by Crippen LogP contribution is 2.17. The van der Waals surface area contributed by atoms with E-state index in [2.05, 4.69) is 24.1 Å². The van der Waals surface area contributed by atoms with Crippen LogP contribution >= 0.6 is 0 Å². The summed E-state index contributed by atoms with van der Waals surface area (Å²) in [5, 5.41) is 2.97. The first-order chi connectivity index (χ1) is 11.6. The van der Waals surface area contributed by atoms with Gasteiger partial charge in [0.2, 0.25) is 5.91 Å². The van der Waals surface area contributed by atoms with Crippen LogP contribution in [0.25, 0.3) is 0 Å². The number of benzene rings is 1. The van der Waals surface area contributed by atoms with E-state index in [9.17, 15) is 4.79 Å². The van der Waals surface area contributed by atoms with E-state index in [0.29, 0.717) is 19.2 Å². The van der Waals surface area contributed by atoms with Crippen molar-refractivity contribution in [1.82, 2.24) is 10.2 Å². The van der Waals surface area contributed by atoms with Gasteiger partial charge in [-0.15, -0.1) is 0 Å². The molecule has 1 fully saturated rings. The summed E-state index contributed by atoms with van der Waals surface area (Å²) in [6, 6.07) is 8.05. The van der Waals surface area contributed by atoms with Crippen molar-refractivity contribution in [3.05, 3.63) is 29.8 Å². The first kappa shape index (κ1) is 18.7. The van der Waals surface area contributed by atoms with Crippen LogP contribution in [0.15, 0.2) is 24.3 Å². The van der Waals surface area contributed by atoms with Crippen molar-refractivity contribution >= 4 is 5.91 Å². The van der Waals surface area contributed by atoms with Gasteiger partial charge in [0.05, 0.1) is 13.7 Å². The van der Waals surface area contributed by atoms with E-state index in [1.54, 1.807) is 7.11 Å². The first-order valence-corrected chi connectivity index (χ1v) is 8.80. The van der Waals surface area contributed by atoms with Crippen LogP contribution in [0, 0.1) is 5.92 Å². The molecule has 5 heteroatoms. The van der Waals surface area contributed by atoms with Gasteiger partial charge < -0.3 is 14.8 Å². The molecule has 0 radical (unpaired) electrons. The number of hydrogen-bond acceptors (Lipinski definition) is 4. The summed E-state index contributed by atoms with van der Waals surface area (Å²) in [7, 11) is 1.64. The lowest BCUT2D eigenvalue weighted by Crippen LogP contribution is -2.46. The Morgan fingerprint density at radius 2 is 2.29 bits per heavy atom. The Morgan fingerprint density at radius 1 is 1.46 bits per heavy atom. The summed E-state index contributed by atoms with van der Waals surface area (Å²) in [6.07, 6.45) is 2.57. The molecule has 5 nitrogen and oxygen atoms in total. The molecule has 1 aromatic carbocycles. The predicted molar refractivity (Wildman–Crippen MR) is 95.1 cm³/mol. The maximum Gasteiger partial charge on any atom is 0.246 e. The van der Waals surface area contributed by atoms with Crippen LogP contribution in [-0.4, -0.2) is 50.2 Å². The second kappa shape index (κ2) is 9.64. The van der Waals surface area contributed by atoms with Crippen LogP contribution in [0.4, 0.5) is 0 Å². The molecule has 0 unspecified atom stereocenters. The van der Waals surface area contributed by atoms with Gasteiger partial charge in [-0.3, -0.25) is 9.69 Å². The van der Waals surface area contributed by atoms with Crippen molar-refractivity contribution in [3.63, 3.8) is 0 Å². The van der Waals surface area contributed by atoms with E-state index in [0.717, 1.165) is 30.3 Å². The zero-order valence-electron chi connectivity index (χ0n) is 15.1. The summed E-state index contributed by atoms with van der Waals surface area (Å²) >= 11 is 0. The molecule has 0 aliphatic carbocycles. The fourth-order valence-electron chi connectivity index (χ4n) is 3.09. The summed E-state index contributed by atoms with van der Waals surface area (Å²) < 4.78 is 10.7. The Morgan fingerprint density at radius 3 is 3.04 bits per heavy atom. The maximum atomic E-state index is 11.9. The normalized spacial score (nSPS) is 19.7. The number of rotatable bonds is 8. The number of likely N-dealkylation sites (tertiary alicyclic amines) is 1. The lowest BCUT2D eigenvalue weighted by molar-refractivity contribution is -0.126. The van der Waals surface area contributed by atoms with Crippen LogP contribution in [0.3, 0.4) is 0 Å². The zero-order chi connectivity index (χ0) is 17.4. The van der Waals surface area contributed by atoms with Gasteiger partial charge in [0.25, 0.3) is 0 Å². The monoisotopic (exact) mass is 334 g/mol. The second-order valence-electron chi connectivity index (χ2n) is 6.74. The van der Waals surface area contributed by atoms with Crippen molar-refractivity contribution in [2.45, 2.75) is 39.3 Å². The van der Waals surface area contributed by atoms with Crippen molar-refractivity contribution in [3.8, 4) is 5.75 Å². The lowest BCUT2D eigenvalue weighted by Gasteiger charge is -2.35. The summed E-state index contributed by atoms with van der Waals surface area (Å²) in [5.41, 5.74) is 0.998. The van der Waals surface area contributed by atoms with E-state index in [-0.39, 0.29) is 12.5 Å². The molecule has 0 bridgehead atoms. The molecular formula is C19H30N2O3. The highest BCUT2D eigenvalue weighted by molar-refractivity contribution is 5.77. The smallest absolute Gasteiger partial charge is 0.246 e. The van der Waals surface area contributed by atoms with Crippen molar-refractivity contribution in [2.24, 2.45) is 5.92 Å². The van der Waals surface area contributed by atoms with Crippen LogP contribution in [-0.2, 0) is 16.1 Å². The summed E-state index contributed by atoms with van der Waals surface area (Å²) in [5.74, 6) is 1.49. The quantitative estimate of drug-likeness (QED) is 0.793. The number of ether oxygens (including phenoxy) is 2. The van der Waals surface area contributed by atoms with E-state index < -0.39 is 0 Å². The second-order valence-corrected chi connectivity index (χ2v) is 6.74. The topological polar surface area (TPSA) is 50.8 Å². The summed E-state index contributed by atoms with van der Waals surface area (Å²) in [4.78, 5) is 14.4. The van der Waals surface area contributed by atoms with E-state index in [4.69, 9.17) is 9.47 Å². The number of hydrogen-bond donors (Lipinski definition) is 1. The number of carbonyl (C=O) groups excluding carboxylic acids is 1. The highest BCUT2D eigenvalue weighted by atomic mass is 16.5. The predicted octanol–water partition coefficient (Wildman–Crippen LogP) is 2.45. The fourth-order valence-corrected chi connectivity index (χ4v) is 3.09. The zero-order valence-corrected chi connectivity index (χ0v) is 15.1. The van der Waals surface area contributed by atoms with Gasteiger partial charge in [-0.05, 0) is 49.9 Å². The molecule has 0 spiro atoms. The Bertz CT molecular complexity index is 521. The van der Waals surface area contributed by atoms with Gasteiger partial charge >= 0.3 is 0 Å². The summed E-state index contributed by atoms with van der Waals surface area (Å²) in [6.45, 7) is 7.90. The minimum atomic E-state index is -0.0604. The molecule has 2 atom stereocenters. The van der Waals surface area contributed by atoms with Crippen LogP contribution in [0.1, 0.15) is 32.3 Å².